The molecule has 1 fully saturated rings. The van der Waals surface area contributed by atoms with Crippen LogP contribution in [0.2, 0.25) is 0 Å². The highest BCUT2D eigenvalue weighted by Gasteiger charge is 2.42. The fourth-order valence-electron chi connectivity index (χ4n) is 4.26. The maximum absolute atomic E-state index is 12.1. The molecule has 0 atom stereocenters. The molecule has 0 radical (unpaired) electrons. The van der Waals surface area contributed by atoms with Crippen LogP contribution in [-0.2, 0) is 20.0 Å². The second kappa shape index (κ2) is 7.56. The smallest absolute Gasteiger partial charge is 0.338 e. The molecule has 4 heteroatoms. The van der Waals surface area contributed by atoms with Crippen molar-refractivity contribution in [1.29, 1.82) is 0 Å². The van der Waals surface area contributed by atoms with Gasteiger partial charge in [-0.1, -0.05) is 60.7 Å². The molecule has 30 heavy (non-hydrogen) atoms. The molecular weight excluding hydrogens is 376 g/mol. The van der Waals surface area contributed by atoms with E-state index in [0.717, 1.165) is 27.3 Å². The fourth-order valence-corrected chi connectivity index (χ4v) is 4.26. The first-order chi connectivity index (χ1) is 14.7. The zero-order valence-electron chi connectivity index (χ0n) is 16.8. The first kappa shape index (κ1) is 18.8. The molecule has 150 valence electrons. The summed E-state index contributed by atoms with van der Waals surface area (Å²) in [5, 5.41) is 4.58. The highest BCUT2D eigenvalue weighted by atomic mass is 16.7. The lowest BCUT2D eigenvalue weighted by Gasteiger charge is -2.30. The molecule has 1 aliphatic heterocycles. The van der Waals surface area contributed by atoms with Crippen LogP contribution in [-0.4, -0.2) is 25.8 Å². The van der Waals surface area contributed by atoms with Crippen LogP contribution < -0.4 is 0 Å². The van der Waals surface area contributed by atoms with Gasteiger partial charge in [-0.3, -0.25) is 0 Å². The van der Waals surface area contributed by atoms with Gasteiger partial charge >= 0.3 is 5.97 Å². The lowest BCUT2D eigenvalue weighted by molar-refractivity contribution is -0.128. The van der Waals surface area contributed by atoms with Gasteiger partial charge in [-0.25, -0.2) is 4.79 Å². The van der Waals surface area contributed by atoms with Gasteiger partial charge in [0.25, 0.3) is 0 Å². The first-order valence-corrected chi connectivity index (χ1v) is 10.2. The predicted molar refractivity (Wildman–Crippen MR) is 117 cm³/mol. The summed E-state index contributed by atoms with van der Waals surface area (Å²) in [5.74, 6) is -1.35. The van der Waals surface area contributed by atoms with Crippen LogP contribution in [0.3, 0.4) is 0 Å². The van der Waals surface area contributed by atoms with Crippen LogP contribution in [0.15, 0.2) is 78.9 Å². The summed E-state index contributed by atoms with van der Waals surface area (Å²) >= 11 is 0. The number of carbonyl (C=O) groups excluding carboxylic acids is 1. The number of rotatable bonds is 4. The van der Waals surface area contributed by atoms with Crippen molar-refractivity contribution >= 4 is 27.5 Å². The lowest BCUT2D eigenvalue weighted by atomic mass is 9.89. The third kappa shape index (κ3) is 2.96. The Morgan fingerprint density at radius 3 is 2.20 bits per heavy atom. The fraction of sp³-hybridized carbons (Fsp3) is 0.192. The van der Waals surface area contributed by atoms with Crippen molar-refractivity contribution in [2.24, 2.45) is 0 Å². The first-order valence-electron chi connectivity index (χ1n) is 10.2. The van der Waals surface area contributed by atoms with Crippen molar-refractivity contribution in [3.05, 3.63) is 95.6 Å². The van der Waals surface area contributed by atoms with Gasteiger partial charge in [0.15, 0.2) is 0 Å². The van der Waals surface area contributed by atoms with Crippen molar-refractivity contribution in [3.8, 4) is 0 Å². The zero-order chi connectivity index (χ0) is 20.6. The lowest BCUT2D eigenvalue weighted by Crippen LogP contribution is -2.29. The Balaban J connectivity index is 1.71. The van der Waals surface area contributed by atoms with Gasteiger partial charge in [0.05, 0.1) is 25.4 Å². The van der Waals surface area contributed by atoms with Crippen molar-refractivity contribution in [2.75, 3.05) is 19.8 Å². The summed E-state index contributed by atoms with van der Waals surface area (Å²) < 4.78 is 17.7. The van der Waals surface area contributed by atoms with Crippen molar-refractivity contribution < 1.29 is 19.0 Å². The molecule has 0 spiro atoms. The van der Waals surface area contributed by atoms with Crippen molar-refractivity contribution in [2.45, 2.75) is 12.7 Å². The van der Waals surface area contributed by atoms with Crippen LogP contribution in [0.5, 0.6) is 0 Å². The Kier molecular flexibility index (Phi) is 4.74. The van der Waals surface area contributed by atoms with E-state index in [1.54, 1.807) is 19.1 Å². The molecule has 0 bridgehead atoms. The van der Waals surface area contributed by atoms with Gasteiger partial charge in [-0.2, -0.15) is 0 Å². The second-order valence-corrected chi connectivity index (χ2v) is 7.30. The standard InChI is InChI=1S/C26H22O4/c1-2-28-25(27)18-11-13-20(14-12-18)26(29-15-16-30-26)24-17-19-7-3-4-8-21(19)22-9-5-6-10-23(22)24/h3-14,17H,2,15-16H2,1H3. The molecule has 1 aliphatic rings. The molecule has 1 heterocycles. The third-order valence-corrected chi connectivity index (χ3v) is 5.59. The Hall–Kier alpha value is -3.21. The highest BCUT2D eigenvalue weighted by Crippen LogP contribution is 2.43. The van der Waals surface area contributed by atoms with Gasteiger partial charge < -0.3 is 14.2 Å². The van der Waals surface area contributed by atoms with Crippen molar-refractivity contribution in [1.82, 2.24) is 0 Å². The molecule has 0 aliphatic carbocycles. The molecule has 4 nitrogen and oxygen atoms in total. The maximum atomic E-state index is 12.1. The quantitative estimate of drug-likeness (QED) is 0.340. The van der Waals surface area contributed by atoms with E-state index in [9.17, 15) is 4.79 Å². The molecule has 0 amide bonds. The van der Waals surface area contributed by atoms with E-state index in [1.807, 2.05) is 24.3 Å². The topological polar surface area (TPSA) is 44.8 Å². The molecule has 0 N–H and O–H groups in total. The second-order valence-electron chi connectivity index (χ2n) is 7.30. The van der Waals surface area contributed by atoms with E-state index in [1.165, 1.54) is 5.39 Å². The average molecular weight is 398 g/mol. The Morgan fingerprint density at radius 2 is 1.50 bits per heavy atom. The normalized spacial score (nSPS) is 15.5. The van der Waals surface area contributed by atoms with Gasteiger partial charge in [0, 0.05) is 11.1 Å². The van der Waals surface area contributed by atoms with Crippen LogP contribution in [0.4, 0.5) is 0 Å². The SMILES string of the molecule is CCOC(=O)c1ccc(C2(c3cc4ccccc4c4ccccc34)OCCO2)cc1. The minimum absolute atomic E-state index is 0.331. The molecule has 5 rings (SSSR count). The summed E-state index contributed by atoms with van der Waals surface area (Å²) in [6.45, 7) is 3.15. The molecule has 4 aromatic rings. The highest BCUT2D eigenvalue weighted by molar-refractivity contribution is 6.09. The van der Waals surface area contributed by atoms with Gasteiger partial charge in [-0.05, 0) is 46.7 Å². The number of hydrogen-bond acceptors (Lipinski definition) is 4. The number of benzene rings is 4. The van der Waals surface area contributed by atoms with Crippen LogP contribution in [0, 0.1) is 0 Å². The Morgan fingerprint density at radius 1 is 0.867 bits per heavy atom. The zero-order valence-corrected chi connectivity index (χ0v) is 16.8. The van der Waals surface area contributed by atoms with Gasteiger partial charge in [-0.15, -0.1) is 0 Å². The monoisotopic (exact) mass is 398 g/mol. The number of ether oxygens (including phenoxy) is 3. The van der Waals surface area contributed by atoms with E-state index in [0.29, 0.717) is 25.4 Å². The van der Waals surface area contributed by atoms with Crippen LogP contribution in [0.1, 0.15) is 28.4 Å². The van der Waals surface area contributed by atoms with E-state index >= 15 is 0 Å². The number of carbonyl (C=O) groups is 1. The molecule has 0 aromatic heterocycles. The van der Waals surface area contributed by atoms with E-state index in [4.69, 9.17) is 14.2 Å². The molecule has 4 aromatic carbocycles. The largest absolute Gasteiger partial charge is 0.462 e. The summed E-state index contributed by atoms with van der Waals surface area (Å²) in [5.41, 5.74) is 2.34. The number of fused-ring (bicyclic) bond motifs is 3. The predicted octanol–water partition coefficient (Wildman–Crippen LogP) is 5.42. The molecule has 0 saturated carbocycles. The third-order valence-electron chi connectivity index (χ3n) is 5.59. The average Bonchev–Trinajstić information content (AvgIpc) is 3.30. The number of esters is 1. The van der Waals surface area contributed by atoms with Gasteiger partial charge in [0.2, 0.25) is 5.79 Å². The van der Waals surface area contributed by atoms with Crippen LogP contribution >= 0.6 is 0 Å². The number of hydrogen-bond donors (Lipinski definition) is 0. The minimum Gasteiger partial charge on any atom is -0.462 e. The Bertz CT molecular complexity index is 1220. The molecular formula is C26H22O4. The summed E-state index contributed by atoms with van der Waals surface area (Å²) in [6.07, 6.45) is 0. The van der Waals surface area contributed by atoms with E-state index in [2.05, 4.69) is 42.5 Å². The summed E-state index contributed by atoms with van der Waals surface area (Å²) in [7, 11) is 0. The van der Waals surface area contributed by atoms with Gasteiger partial charge in [0.1, 0.15) is 0 Å². The van der Waals surface area contributed by atoms with E-state index < -0.39 is 5.79 Å². The molecule has 0 unspecified atom stereocenters. The maximum Gasteiger partial charge on any atom is 0.338 e. The summed E-state index contributed by atoms with van der Waals surface area (Å²) in [6, 6.07) is 26.1. The van der Waals surface area contributed by atoms with Crippen LogP contribution in [0.25, 0.3) is 21.5 Å². The Labute approximate surface area is 175 Å². The summed E-state index contributed by atoms with van der Waals surface area (Å²) in [4.78, 5) is 12.1. The minimum atomic E-state index is -1.02. The molecule has 1 saturated heterocycles. The van der Waals surface area contributed by atoms with Crippen molar-refractivity contribution in [3.63, 3.8) is 0 Å². The van der Waals surface area contributed by atoms with E-state index in [-0.39, 0.29) is 5.97 Å².